The lowest BCUT2D eigenvalue weighted by Gasteiger charge is -2.18. The molecule has 6 nitrogen and oxygen atoms in total. The summed E-state index contributed by atoms with van der Waals surface area (Å²) in [5, 5.41) is 0. The van der Waals surface area contributed by atoms with Crippen LogP contribution in [0.1, 0.15) is 310 Å². The van der Waals surface area contributed by atoms with Crippen LogP contribution in [-0.4, -0.2) is 37.2 Å². The average Bonchev–Trinajstić information content (AvgIpc) is 3.31. The number of rotatable bonds is 53. The molecule has 0 rings (SSSR count). The van der Waals surface area contributed by atoms with E-state index in [1.54, 1.807) is 0 Å². The third-order valence-electron chi connectivity index (χ3n) is 12.8. The number of carbonyl (C=O) groups is 3. The summed E-state index contributed by atoms with van der Waals surface area (Å²) >= 11 is 0. The van der Waals surface area contributed by atoms with Crippen LogP contribution < -0.4 is 0 Å². The molecule has 0 aromatic carbocycles. The second kappa shape index (κ2) is 55.2. The van der Waals surface area contributed by atoms with Crippen LogP contribution in [0.25, 0.3) is 0 Å². The highest BCUT2D eigenvalue weighted by Gasteiger charge is 2.19. The largest absolute Gasteiger partial charge is 0.462 e. The summed E-state index contributed by atoms with van der Waals surface area (Å²) in [4.78, 5) is 38.1. The molecule has 6 heteroatoms. The standard InChI is InChI=1S/C60H110O6/c1-4-7-10-13-16-19-22-25-28-30-33-35-38-41-44-47-50-53-59(62)65-56-57(55-64-58(61)52-49-46-43-40-37-34-31-27-24-21-18-15-12-9-6-3)66-60(63)54-51-48-45-42-39-36-32-29-26-23-20-17-14-11-8-5-2/h25,27-29,31-32,57H,4-24,26,30,33-56H2,1-3H3/b28-25-,31-27-,32-29-/t57-/m1/s1. The second-order valence-corrected chi connectivity index (χ2v) is 19.5. The Labute approximate surface area is 410 Å². The first kappa shape index (κ1) is 63.6. The molecule has 0 aliphatic heterocycles. The summed E-state index contributed by atoms with van der Waals surface area (Å²) in [5.74, 6) is -0.884. The van der Waals surface area contributed by atoms with E-state index in [0.717, 1.165) is 70.6 Å². The second-order valence-electron chi connectivity index (χ2n) is 19.5. The fraction of sp³-hybridized carbons (Fsp3) is 0.850. The molecule has 0 spiro atoms. The number of ether oxygens (including phenoxy) is 3. The lowest BCUT2D eigenvalue weighted by Crippen LogP contribution is -2.30. The summed E-state index contributed by atoms with van der Waals surface area (Å²) in [6.07, 6.45) is 65.6. The molecule has 0 saturated carbocycles. The molecule has 0 aromatic heterocycles. The minimum atomic E-state index is -0.780. The number of allylic oxidation sites excluding steroid dienone is 6. The van der Waals surface area contributed by atoms with Crippen molar-refractivity contribution in [2.45, 2.75) is 316 Å². The van der Waals surface area contributed by atoms with Gasteiger partial charge in [-0.15, -0.1) is 0 Å². The maximum atomic E-state index is 12.8. The zero-order chi connectivity index (χ0) is 47.9. The van der Waals surface area contributed by atoms with E-state index >= 15 is 0 Å². The van der Waals surface area contributed by atoms with Crippen molar-refractivity contribution in [2.24, 2.45) is 0 Å². The van der Waals surface area contributed by atoms with Crippen molar-refractivity contribution >= 4 is 17.9 Å². The van der Waals surface area contributed by atoms with Crippen LogP contribution in [0.4, 0.5) is 0 Å². The van der Waals surface area contributed by atoms with E-state index in [1.807, 2.05) is 0 Å². The Balaban J connectivity index is 4.38. The van der Waals surface area contributed by atoms with E-state index < -0.39 is 6.10 Å². The van der Waals surface area contributed by atoms with E-state index in [4.69, 9.17) is 14.2 Å². The predicted molar refractivity (Wildman–Crippen MR) is 284 cm³/mol. The van der Waals surface area contributed by atoms with Crippen molar-refractivity contribution in [1.82, 2.24) is 0 Å². The van der Waals surface area contributed by atoms with Gasteiger partial charge < -0.3 is 14.2 Å². The maximum absolute atomic E-state index is 12.8. The Morgan fingerprint density at radius 3 is 0.758 bits per heavy atom. The molecule has 0 aliphatic rings. The molecule has 0 aliphatic carbocycles. The van der Waals surface area contributed by atoms with E-state index in [-0.39, 0.29) is 31.1 Å². The Bertz CT molecular complexity index is 1110. The van der Waals surface area contributed by atoms with Gasteiger partial charge in [-0.1, -0.05) is 231 Å². The predicted octanol–water partition coefficient (Wildman–Crippen LogP) is 19.3. The van der Waals surface area contributed by atoms with Gasteiger partial charge in [0.25, 0.3) is 0 Å². The Kier molecular flexibility index (Phi) is 53.2. The molecule has 0 aromatic rings. The zero-order valence-corrected chi connectivity index (χ0v) is 44.2. The maximum Gasteiger partial charge on any atom is 0.306 e. The Hall–Kier alpha value is -2.37. The molecule has 0 saturated heterocycles. The van der Waals surface area contributed by atoms with Crippen LogP contribution in [0.5, 0.6) is 0 Å². The third kappa shape index (κ3) is 52.6. The SMILES string of the molecule is CCCCCCCC/C=C\CCCCCCCCCC(=O)OC[C@@H](COC(=O)CCCCCCC/C=C\CCCCCCCC)OC(=O)CCCCCCC/C=C\CCCCCCCCC. The van der Waals surface area contributed by atoms with Gasteiger partial charge in [0.05, 0.1) is 0 Å². The lowest BCUT2D eigenvalue weighted by molar-refractivity contribution is -0.167. The summed E-state index contributed by atoms with van der Waals surface area (Å²) in [7, 11) is 0. The van der Waals surface area contributed by atoms with Gasteiger partial charge in [-0.2, -0.15) is 0 Å². The van der Waals surface area contributed by atoms with Crippen molar-refractivity contribution in [3.8, 4) is 0 Å². The first-order chi connectivity index (χ1) is 32.5. The number of hydrogen-bond acceptors (Lipinski definition) is 6. The first-order valence-electron chi connectivity index (χ1n) is 29.0. The molecule has 0 amide bonds. The van der Waals surface area contributed by atoms with Gasteiger partial charge in [0.1, 0.15) is 13.2 Å². The van der Waals surface area contributed by atoms with Crippen LogP contribution >= 0.6 is 0 Å². The monoisotopic (exact) mass is 927 g/mol. The third-order valence-corrected chi connectivity index (χ3v) is 12.8. The van der Waals surface area contributed by atoms with Crippen LogP contribution in [0.15, 0.2) is 36.5 Å². The average molecular weight is 928 g/mol. The number of hydrogen-bond donors (Lipinski definition) is 0. The highest BCUT2D eigenvalue weighted by molar-refractivity contribution is 5.71. The Morgan fingerprint density at radius 2 is 0.500 bits per heavy atom. The number of unbranched alkanes of at least 4 members (excludes halogenated alkanes) is 36. The van der Waals surface area contributed by atoms with Gasteiger partial charge >= 0.3 is 17.9 Å². The topological polar surface area (TPSA) is 78.9 Å². The van der Waals surface area contributed by atoms with Gasteiger partial charge in [-0.25, -0.2) is 0 Å². The van der Waals surface area contributed by atoms with Gasteiger partial charge in [0, 0.05) is 19.3 Å². The molecule has 0 bridgehead atoms. The number of carbonyl (C=O) groups excluding carboxylic acids is 3. The van der Waals surface area contributed by atoms with Crippen LogP contribution in [0, 0.1) is 0 Å². The van der Waals surface area contributed by atoms with E-state index in [0.29, 0.717) is 19.3 Å². The smallest absolute Gasteiger partial charge is 0.306 e. The quantitative estimate of drug-likeness (QED) is 0.0262. The molecule has 0 N–H and O–H groups in total. The molecular weight excluding hydrogens is 817 g/mol. The summed E-state index contributed by atoms with van der Waals surface area (Å²) in [6, 6.07) is 0. The fourth-order valence-electron chi connectivity index (χ4n) is 8.43. The Morgan fingerprint density at radius 1 is 0.288 bits per heavy atom. The number of esters is 3. The van der Waals surface area contributed by atoms with Crippen molar-refractivity contribution in [3.05, 3.63) is 36.5 Å². The summed E-state index contributed by atoms with van der Waals surface area (Å²) in [6.45, 7) is 6.65. The highest BCUT2D eigenvalue weighted by atomic mass is 16.6. The molecule has 0 heterocycles. The summed E-state index contributed by atoms with van der Waals surface area (Å²) in [5.41, 5.74) is 0. The molecular formula is C60H110O6. The van der Waals surface area contributed by atoms with Crippen LogP contribution in [-0.2, 0) is 28.6 Å². The van der Waals surface area contributed by atoms with Gasteiger partial charge in [0.2, 0.25) is 0 Å². The lowest BCUT2D eigenvalue weighted by atomic mass is 10.1. The van der Waals surface area contributed by atoms with E-state index in [1.165, 1.54) is 199 Å². The van der Waals surface area contributed by atoms with Crippen LogP contribution in [0.2, 0.25) is 0 Å². The van der Waals surface area contributed by atoms with Gasteiger partial charge in [-0.3, -0.25) is 14.4 Å². The molecule has 0 unspecified atom stereocenters. The minimum absolute atomic E-state index is 0.0782. The van der Waals surface area contributed by atoms with Gasteiger partial charge in [-0.05, 0) is 96.3 Å². The van der Waals surface area contributed by atoms with Crippen LogP contribution in [0.3, 0.4) is 0 Å². The van der Waals surface area contributed by atoms with Crippen molar-refractivity contribution < 1.29 is 28.6 Å². The first-order valence-corrected chi connectivity index (χ1v) is 29.0. The molecule has 386 valence electrons. The fourth-order valence-corrected chi connectivity index (χ4v) is 8.43. The van der Waals surface area contributed by atoms with Crippen molar-refractivity contribution in [1.29, 1.82) is 0 Å². The zero-order valence-electron chi connectivity index (χ0n) is 44.2. The van der Waals surface area contributed by atoms with E-state index in [9.17, 15) is 14.4 Å². The highest BCUT2D eigenvalue weighted by Crippen LogP contribution is 2.15. The molecule has 0 fully saturated rings. The van der Waals surface area contributed by atoms with Gasteiger partial charge in [0.15, 0.2) is 6.10 Å². The van der Waals surface area contributed by atoms with Crippen molar-refractivity contribution in [2.75, 3.05) is 13.2 Å². The van der Waals surface area contributed by atoms with E-state index in [2.05, 4.69) is 57.2 Å². The normalized spacial score (nSPS) is 12.2. The van der Waals surface area contributed by atoms with Crippen molar-refractivity contribution in [3.63, 3.8) is 0 Å². The summed E-state index contributed by atoms with van der Waals surface area (Å²) < 4.78 is 16.9. The minimum Gasteiger partial charge on any atom is -0.462 e. The molecule has 0 radical (unpaired) electrons. The molecule has 66 heavy (non-hydrogen) atoms. The molecule has 1 atom stereocenters.